The number of hydrogen-bond acceptors (Lipinski definition) is 3. The fourth-order valence-corrected chi connectivity index (χ4v) is 3.18. The van der Waals surface area contributed by atoms with Gasteiger partial charge in [-0.1, -0.05) is 49.2 Å². The predicted octanol–water partition coefficient (Wildman–Crippen LogP) is 3.46. The lowest BCUT2D eigenvalue weighted by atomic mass is 10.1. The zero-order chi connectivity index (χ0) is 15.2. The van der Waals surface area contributed by atoms with Gasteiger partial charge < -0.3 is 14.7 Å². The molecule has 0 spiro atoms. The second-order valence-corrected chi connectivity index (χ2v) is 6.16. The Bertz CT molecular complexity index is 586. The average molecular weight is 299 g/mol. The zero-order valence-corrected chi connectivity index (χ0v) is 13.1. The number of fused-ring (bicyclic) bond motifs is 1. The van der Waals surface area contributed by atoms with Gasteiger partial charge in [-0.05, 0) is 37.4 Å². The van der Waals surface area contributed by atoms with Crippen LogP contribution in [0.5, 0.6) is 5.75 Å². The highest BCUT2D eigenvalue weighted by molar-refractivity contribution is 5.88. The molecule has 1 fully saturated rings. The van der Waals surface area contributed by atoms with Crippen LogP contribution in [0.15, 0.2) is 42.5 Å². The van der Waals surface area contributed by atoms with E-state index in [0.717, 1.165) is 24.2 Å². The molecular formula is C19H25NO2. The summed E-state index contributed by atoms with van der Waals surface area (Å²) in [7, 11) is 0. The third-order valence-corrected chi connectivity index (χ3v) is 4.35. The number of aliphatic hydroxyl groups excluding tert-OH is 1. The molecule has 0 aliphatic carbocycles. The van der Waals surface area contributed by atoms with Crippen LogP contribution in [0.3, 0.4) is 0 Å². The van der Waals surface area contributed by atoms with E-state index in [-0.39, 0.29) is 0 Å². The van der Waals surface area contributed by atoms with Gasteiger partial charge in [0.15, 0.2) is 0 Å². The Kier molecular flexibility index (Phi) is 5.30. The first-order chi connectivity index (χ1) is 10.8. The van der Waals surface area contributed by atoms with Crippen molar-refractivity contribution in [3.05, 3.63) is 42.5 Å². The van der Waals surface area contributed by atoms with E-state index in [2.05, 4.69) is 23.1 Å². The summed E-state index contributed by atoms with van der Waals surface area (Å²) in [5.41, 5.74) is 0. The van der Waals surface area contributed by atoms with Gasteiger partial charge in [-0.3, -0.25) is 0 Å². The lowest BCUT2D eigenvalue weighted by molar-refractivity contribution is 0.0699. The molecule has 0 saturated carbocycles. The number of ether oxygens (including phenoxy) is 1. The zero-order valence-electron chi connectivity index (χ0n) is 13.1. The van der Waals surface area contributed by atoms with Gasteiger partial charge in [-0.2, -0.15) is 0 Å². The molecule has 1 aliphatic rings. The van der Waals surface area contributed by atoms with E-state index in [1.165, 1.54) is 31.1 Å². The number of rotatable bonds is 5. The number of aliphatic hydroxyl groups is 1. The maximum atomic E-state index is 10.3. The van der Waals surface area contributed by atoms with Gasteiger partial charge in [0, 0.05) is 11.9 Å². The van der Waals surface area contributed by atoms with E-state index < -0.39 is 6.10 Å². The molecule has 1 atom stereocenters. The lowest BCUT2D eigenvalue weighted by Gasteiger charge is -2.23. The van der Waals surface area contributed by atoms with Crippen molar-refractivity contribution in [3.63, 3.8) is 0 Å². The van der Waals surface area contributed by atoms with E-state index in [0.29, 0.717) is 13.2 Å². The second-order valence-electron chi connectivity index (χ2n) is 6.16. The van der Waals surface area contributed by atoms with Crippen molar-refractivity contribution >= 4 is 10.8 Å². The molecule has 0 bridgehead atoms. The quantitative estimate of drug-likeness (QED) is 0.918. The van der Waals surface area contributed by atoms with E-state index in [1.807, 2.05) is 24.3 Å². The van der Waals surface area contributed by atoms with Gasteiger partial charge in [-0.15, -0.1) is 0 Å². The Morgan fingerprint density at radius 1 is 0.955 bits per heavy atom. The molecule has 1 saturated heterocycles. The summed E-state index contributed by atoms with van der Waals surface area (Å²) in [5, 5.41) is 12.5. The number of likely N-dealkylation sites (tertiary alicyclic amines) is 1. The minimum Gasteiger partial charge on any atom is -0.490 e. The minimum atomic E-state index is -0.433. The number of hydrogen-bond donors (Lipinski definition) is 1. The number of β-amino-alcohol motifs (C(OH)–C–C–N with tert-alkyl or cyclic N) is 1. The van der Waals surface area contributed by atoms with Crippen molar-refractivity contribution < 1.29 is 9.84 Å². The summed E-state index contributed by atoms with van der Waals surface area (Å²) in [5.74, 6) is 0.855. The summed E-state index contributed by atoms with van der Waals surface area (Å²) in [6, 6.07) is 14.2. The molecule has 1 aliphatic heterocycles. The standard InChI is InChI=1S/C19H25NO2/c21-17(14-20-12-5-1-2-6-13-20)15-22-19-11-7-9-16-8-3-4-10-18(16)19/h3-4,7-11,17,21H,1-2,5-6,12-15H2. The number of benzene rings is 2. The van der Waals surface area contributed by atoms with Gasteiger partial charge in [-0.25, -0.2) is 0 Å². The maximum absolute atomic E-state index is 10.3. The highest BCUT2D eigenvalue weighted by atomic mass is 16.5. The summed E-state index contributed by atoms with van der Waals surface area (Å²) in [6.45, 7) is 3.27. The molecule has 1 unspecified atom stereocenters. The molecule has 0 amide bonds. The van der Waals surface area contributed by atoms with Crippen LogP contribution >= 0.6 is 0 Å². The fraction of sp³-hybridized carbons (Fsp3) is 0.474. The van der Waals surface area contributed by atoms with E-state index >= 15 is 0 Å². The summed E-state index contributed by atoms with van der Waals surface area (Å²) in [4.78, 5) is 2.37. The highest BCUT2D eigenvalue weighted by Gasteiger charge is 2.14. The largest absolute Gasteiger partial charge is 0.490 e. The molecule has 118 valence electrons. The summed E-state index contributed by atoms with van der Waals surface area (Å²) >= 11 is 0. The van der Waals surface area contributed by atoms with Crippen molar-refractivity contribution in [3.8, 4) is 5.75 Å². The molecule has 2 aromatic carbocycles. The minimum absolute atomic E-state index is 0.352. The van der Waals surface area contributed by atoms with E-state index in [4.69, 9.17) is 4.74 Å². The van der Waals surface area contributed by atoms with Gasteiger partial charge in [0.2, 0.25) is 0 Å². The number of nitrogens with zero attached hydrogens (tertiary/aromatic N) is 1. The van der Waals surface area contributed by atoms with Crippen LogP contribution in [-0.2, 0) is 0 Å². The van der Waals surface area contributed by atoms with Crippen molar-refractivity contribution in [2.45, 2.75) is 31.8 Å². The molecule has 3 nitrogen and oxygen atoms in total. The Balaban J connectivity index is 1.56. The van der Waals surface area contributed by atoms with Crippen LogP contribution < -0.4 is 4.74 Å². The smallest absolute Gasteiger partial charge is 0.127 e. The molecule has 0 radical (unpaired) electrons. The van der Waals surface area contributed by atoms with Crippen LogP contribution in [0.1, 0.15) is 25.7 Å². The van der Waals surface area contributed by atoms with E-state index in [9.17, 15) is 5.11 Å². The van der Waals surface area contributed by atoms with Crippen LogP contribution in [0, 0.1) is 0 Å². The normalized spacial score (nSPS) is 18.0. The third-order valence-electron chi connectivity index (χ3n) is 4.35. The Morgan fingerprint density at radius 3 is 2.50 bits per heavy atom. The SMILES string of the molecule is OC(COc1cccc2ccccc12)CN1CCCCCC1. The third kappa shape index (κ3) is 3.99. The molecule has 3 rings (SSSR count). The van der Waals surface area contributed by atoms with Crippen molar-refractivity contribution in [1.82, 2.24) is 4.90 Å². The van der Waals surface area contributed by atoms with Crippen LogP contribution in [0.4, 0.5) is 0 Å². The highest BCUT2D eigenvalue weighted by Crippen LogP contribution is 2.25. The Morgan fingerprint density at radius 2 is 1.68 bits per heavy atom. The monoisotopic (exact) mass is 299 g/mol. The summed E-state index contributed by atoms with van der Waals surface area (Å²) in [6.07, 6.45) is 4.70. The molecule has 2 aromatic rings. The van der Waals surface area contributed by atoms with Crippen LogP contribution in [0.25, 0.3) is 10.8 Å². The molecule has 22 heavy (non-hydrogen) atoms. The first-order valence-corrected chi connectivity index (χ1v) is 8.34. The summed E-state index contributed by atoms with van der Waals surface area (Å²) < 4.78 is 5.88. The van der Waals surface area contributed by atoms with Crippen molar-refractivity contribution in [2.75, 3.05) is 26.2 Å². The van der Waals surface area contributed by atoms with Gasteiger partial charge >= 0.3 is 0 Å². The first-order valence-electron chi connectivity index (χ1n) is 8.34. The van der Waals surface area contributed by atoms with Crippen LogP contribution in [-0.4, -0.2) is 42.4 Å². The Hall–Kier alpha value is -1.58. The maximum Gasteiger partial charge on any atom is 0.127 e. The van der Waals surface area contributed by atoms with Crippen molar-refractivity contribution in [2.24, 2.45) is 0 Å². The van der Waals surface area contributed by atoms with Gasteiger partial charge in [0.05, 0.1) is 0 Å². The Labute approximate surface area is 132 Å². The van der Waals surface area contributed by atoms with Gasteiger partial charge in [0.1, 0.15) is 18.5 Å². The van der Waals surface area contributed by atoms with Crippen LogP contribution in [0.2, 0.25) is 0 Å². The van der Waals surface area contributed by atoms with Crippen molar-refractivity contribution in [1.29, 1.82) is 0 Å². The first kappa shape index (κ1) is 15.3. The molecule has 0 aromatic heterocycles. The lowest BCUT2D eigenvalue weighted by Crippen LogP contribution is -2.36. The molecule has 1 heterocycles. The topological polar surface area (TPSA) is 32.7 Å². The van der Waals surface area contributed by atoms with Gasteiger partial charge in [0.25, 0.3) is 0 Å². The molecular weight excluding hydrogens is 274 g/mol. The molecule has 1 N–H and O–H groups in total. The predicted molar refractivity (Wildman–Crippen MR) is 90.4 cm³/mol. The second kappa shape index (κ2) is 7.61. The average Bonchev–Trinajstić information content (AvgIpc) is 2.81. The fourth-order valence-electron chi connectivity index (χ4n) is 3.18. The molecule has 3 heteroatoms. The van der Waals surface area contributed by atoms with E-state index in [1.54, 1.807) is 0 Å².